The molecule has 7 rings (SSSR count). The maximum Gasteiger partial charge on any atom is 0.306 e. The number of rotatable bonds is 0. The van der Waals surface area contributed by atoms with Crippen molar-refractivity contribution in [1.29, 1.82) is 0 Å². The van der Waals surface area contributed by atoms with E-state index in [1.54, 1.807) is 5.57 Å². The highest BCUT2D eigenvalue weighted by atomic mass is 16.6. The third-order valence-electron chi connectivity index (χ3n) is 11.2. The van der Waals surface area contributed by atoms with E-state index in [0.29, 0.717) is 24.0 Å². The molecule has 0 radical (unpaired) electrons. The van der Waals surface area contributed by atoms with Crippen molar-refractivity contribution >= 4 is 11.8 Å². The van der Waals surface area contributed by atoms with Crippen LogP contribution in [0.5, 0.6) is 0 Å². The van der Waals surface area contributed by atoms with Gasteiger partial charge in [-0.25, -0.2) is 0 Å². The molecule has 28 heavy (non-hydrogen) atoms. The number of esters is 1. The fourth-order valence-corrected chi connectivity index (χ4v) is 9.63. The van der Waals surface area contributed by atoms with Crippen LogP contribution in [0.15, 0.2) is 11.6 Å². The molecular formula is C25H32O3. The van der Waals surface area contributed by atoms with E-state index < -0.39 is 0 Å². The molecule has 0 aromatic rings. The topological polar surface area (TPSA) is 43.4 Å². The van der Waals surface area contributed by atoms with Gasteiger partial charge in [-0.3, -0.25) is 9.59 Å². The van der Waals surface area contributed by atoms with E-state index in [4.69, 9.17) is 4.74 Å². The smallest absolute Gasteiger partial charge is 0.306 e. The Bertz CT molecular complexity index is 852. The first-order chi connectivity index (χ1) is 13.3. The third kappa shape index (κ3) is 1.68. The molecule has 0 N–H and O–H groups in total. The maximum absolute atomic E-state index is 12.8. The Morgan fingerprint density at radius 2 is 1.79 bits per heavy atom. The summed E-state index contributed by atoms with van der Waals surface area (Å²) in [5, 5.41) is 0. The van der Waals surface area contributed by atoms with Crippen LogP contribution < -0.4 is 0 Å². The molecule has 0 bridgehead atoms. The average molecular weight is 381 g/mol. The van der Waals surface area contributed by atoms with E-state index in [1.807, 2.05) is 0 Å². The van der Waals surface area contributed by atoms with Gasteiger partial charge in [-0.1, -0.05) is 19.4 Å². The number of allylic oxidation sites excluding steroid dienone is 1. The van der Waals surface area contributed by atoms with Gasteiger partial charge >= 0.3 is 5.97 Å². The van der Waals surface area contributed by atoms with Gasteiger partial charge in [0.1, 0.15) is 5.60 Å². The van der Waals surface area contributed by atoms with Crippen molar-refractivity contribution < 1.29 is 14.3 Å². The first-order valence-electron chi connectivity index (χ1n) is 11.8. The summed E-state index contributed by atoms with van der Waals surface area (Å²) in [6.07, 6.45) is 13.2. The molecule has 0 aromatic heterocycles. The Morgan fingerprint density at radius 3 is 2.50 bits per heavy atom. The number of carbonyl (C=O) groups excluding carboxylic acids is 2. The highest BCUT2D eigenvalue weighted by Gasteiger charge is 2.73. The minimum Gasteiger partial charge on any atom is -0.458 e. The fraction of sp³-hybridized carbons (Fsp3) is 0.840. The SMILES string of the molecule is C[C@]12CC3(CC3)C(=O)C=C1C1CC1C1C2CC[C@@]2(C)C1CC[C@@]21CCC(=O)O1. The van der Waals surface area contributed by atoms with Crippen molar-refractivity contribution in [2.75, 3.05) is 0 Å². The van der Waals surface area contributed by atoms with Crippen molar-refractivity contribution in [2.24, 2.45) is 45.8 Å². The van der Waals surface area contributed by atoms with Crippen molar-refractivity contribution in [3.8, 4) is 0 Å². The van der Waals surface area contributed by atoms with Crippen LogP contribution in [-0.2, 0) is 14.3 Å². The Balaban J connectivity index is 1.30. The van der Waals surface area contributed by atoms with Crippen LogP contribution in [-0.4, -0.2) is 17.4 Å². The number of carbonyl (C=O) groups is 2. The Kier molecular flexibility index (Phi) is 2.75. The Morgan fingerprint density at radius 1 is 1.00 bits per heavy atom. The van der Waals surface area contributed by atoms with E-state index in [2.05, 4.69) is 19.9 Å². The van der Waals surface area contributed by atoms with Gasteiger partial charge in [0.2, 0.25) is 0 Å². The molecule has 1 heterocycles. The number of hydrogen-bond donors (Lipinski definition) is 0. The standard InChI is InChI=1S/C25H32O3/c1-22-13-24(9-10-24)19(26)12-18(22)14-11-15(14)21-16(22)3-6-23(2)17(21)4-7-25(23)8-5-20(27)28-25/h12,14-17,21H,3-11,13H2,1-2H3/t14?,15?,16?,17?,21?,22-,23+,25-/m1/s1. The molecule has 5 unspecified atom stereocenters. The fourth-order valence-electron chi connectivity index (χ4n) is 9.63. The van der Waals surface area contributed by atoms with Crippen LogP contribution in [0.4, 0.5) is 0 Å². The van der Waals surface area contributed by atoms with E-state index in [0.717, 1.165) is 49.9 Å². The maximum atomic E-state index is 12.8. The van der Waals surface area contributed by atoms with Gasteiger partial charge in [0.15, 0.2) is 5.78 Å². The van der Waals surface area contributed by atoms with Gasteiger partial charge in [-0.15, -0.1) is 0 Å². The van der Waals surface area contributed by atoms with Gasteiger partial charge in [0.25, 0.3) is 0 Å². The molecule has 0 amide bonds. The lowest BCUT2D eigenvalue weighted by molar-refractivity contribution is -0.169. The van der Waals surface area contributed by atoms with Crippen LogP contribution in [0.3, 0.4) is 0 Å². The summed E-state index contributed by atoms with van der Waals surface area (Å²) in [7, 11) is 0. The van der Waals surface area contributed by atoms with Crippen molar-refractivity contribution in [1.82, 2.24) is 0 Å². The monoisotopic (exact) mass is 380 g/mol. The lowest BCUT2D eigenvalue weighted by Crippen LogP contribution is -2.56. The quantitative estimate of drug-likeness (QED) is 0.565. The summed E-state index contributed by atoms with van der Waals surface area (Å²) in [5.74, 6) is 4.20. The van der Waals surface area contributed by atoms with Crippen molar-refractivity contribution in [3.63, 3.8) is 0 Å². The lowest BCUT2D eigenvalue weighted by Gasteiger charge is -2.59. The summed E-state index contributed by atoms with van der Waals surface area (Å²) in [6.45, 7) is 5.00. The molecule has 7 aliphatic rings. The highest BCUT2D eigenvalue weighted by molar-refractivity contribution is 5.99. The first-order valence-corrected chi connectivity index (χ1v) is 11.8. The minimum atomic E-state index is -0.165. The minimum absolute atomic E-state index is 0.0170. The van der Waals surface area contributed by atoms with Crippen LogP contribution >= 0.6 is 0 Å². The molecule has 1 saturated heterocycles. The molecular weight excluding hydrogens is 348 g/mol. The van der Waals surface area contributed by atoms with Crippen LogP contribution in [0.1, 0.15) is 78.1 Å². The molecule has 6 fully saturated rings. The molecule has 1 aliphatic heterocycles. The summed E-state index contributed by atoms with van der Waals surface area (Å²) in [5.41, 5.74) is 1.82. The zero-order valence-corrected chi connectivity index (χ0v) is 17.3. The number of ketones is 1. The third-order valence-corrected chi connectivity index (χ3v) is 11.2. The van der Waals surface area contributed by atoms with Crippen LogP contribution in [0.25, 0.3) is 0 Å². The van der Waals surface area contributed by atoms with Gasteiger partial charge in [0.05, 0.1) is 0 Å². The Labute approximate surface area is 167 Å². The first kappa shape index (κ1) is 16.7. The summed E-state index contributed by atoms with van der Waals surface area (Å²) < 4.78 is 6.10. The van der Waals surface area contributed by atoms with E-state index in [-0.39, 0.29) is 27.8 Å². The Hall–Kier alpha value is -1.12. The zero-order valence-electron chi connectivity index (χ0n) is 17.3. The number of hydrogen-bond acceptors (Lipinski definition) is 3. The van der Waals surface area contributed by atoms with Crippen LogP contribution in [0, 0.1) is 45.8 Å². The summed E-state index contributed by atoms with van der Waals surface area (Å²) >= 11 is 0. The van der Waals surface area contributed by atoms with Gasteiger partial charge < -0.3 is 4.74 Å². The van der Waals surface area contributed by atoms with E-state index in [9.17, 15) is 9.59 Å². The van der Waals surface area contributed by atoms with Gasteiger partial charge in [-0.2, -0.15) is 0 Å². The van der Waals surface area contributed by atoms with Gasteiger partial charge in [0, 0.05) is 17.3 Å². The molecule has 150 valence electrons. The molecule has 6 aliphatic carbocycles. The van der Waals surface area contributed by atoms with E-state index >= 15 is 0 Å². The number of fused-ring (bicyclic) bond motifs is 9. The van der Waals surface area contributed by atoms with Gasteiger partial charge in [-0.05, 0) is 98.9 Å². The molecule has 5 saturated carbocycles. The summed E-state index contributed by atoms with van der Waals surface area (Å²) in [6, 6.07) is 0. The predicted molar refractivity (Wildman–Crippen MR) is 104 cm³/mol. The summed E-state index contributed by atoms with van der Waals surface area (Å²) in [4.78, 5) is 24.9. The second kappa shape index (κ2) is 4.62. The number of ether oxygens (including phenoxy) is 1. The molecule has 2 spiro atoms. The lowest BCUT2D eigenvalue weighted by atomic mass is 9.45. The second-order valence-electron chi connectivity index (χ2n) is 12.1. The van der Waals surface area contributed by atoms with Crippen molar-refractivity contribution in [2.45, 2.75) is 83.7 Å². The van der Waals surface area contributed by atoms with E-state index in [1.165, 1.54) is 25.7 Å². The molecule has 0 aromatic carbocycles. The van der Waals surface area contributed by atoms with Crippen LogP contribution in [0.2, 0.25) is 0 Å². The largest absolute Gasteiger partial charge is 0.458 e. The van der Waals surface area contributed by atoms with Crippen molar-refractivity contribution in [3.05, 3.63) is 11.6 Å². The predicted octanol–water partition coefficient (Wildman–Crippen LogP) is 4.84. The molecule has 3 heteroatoms. The normalized spacial score (nSPS) is 57.2. The zero-order chi connectivity index (χ0) is 19.1. The highest BCUT2D eigenvalue weighted by Crippen LogP contribution is 2.77. The second-order valence-corrected chi connectivity index (χ2v) is 12.1. The molecule has 8 atom stereocenters. The molecule has 3 nitrogen and oxygen atoms in total. The average Bonchev–Trinajstić information content (AvgIpc) is 3.55.